The van der Waals surface area contributed by atoms with Gasteiger partial charge in [-0.15, -0.1) is 0 Å². The largest absolute Gasteiger partial charge is 0.437 e. The van der Waals surface area contributed by atoms with Crippen LogP contribution in [0.4, 0.5) is 4.39 Å². The number of hydrogen-bond donors (Lipinski definition) is 0. The van der Waals surface area contributed by atoms with E-state index in [1.807, 2.05) is 24.3 Å². The quantitative estimate of drug-likeness (QED) is 0.705. The molecule has 3 aromatic rings. The van der Waals surface area contributed by atoms with Gasteiger partial charge in [-0.2, -0.15) is 0 Å². The van der Waals surface area contributed by atoms with E-state index in [0.29, 0.717) is 16.1 Å². The van der Waals surface area contributed by atoms with Crippen molar-refractivity contribution in [1.82, 2.24) is 9.97 Å². The Bertz CT molecular complexity index is 748. The van der Waals surface area contributed by atoms with Gasteiger partial charge in [-0.05, 0) is 40.2 Å². The predicted octanol–water partition coefficient (Wildman–Crippen LogP) is 4.32. The van der Waals surface area contributed by atoms with Crippen molar-refractivity contribution in [3.63, 3.8) is 0 Å². The van der Waals surface area contributed by atoms with E-state index in [-0.39, 0.29) is 5.82 Å². The van der Waals surface area contributed by atoms with Crippen LogP contribution in [-0.2, 0) is 0 Å². The minimum absolute atomic E-state index is 0.334. The van der Waals surface area contributed by atoms with Crippen molar-refractivity contribution < 1.29 is 9.13 Å². The Labute approximate surface area is 117 Å². The summed E-state index contributed by atoms with van der Waals surface area (Å²) < 4.78 is 19.3. The van der Waals surface area contributed by atoms with Crippen molar-refractivity contribution in [1.29, 1.82) is 0 Å². The smallest absolute Gasteiger partial charge is 0.238 e. The topological polar surface area (TPSA) is 35.0 Å². The summed E-state index contributed by atoms with van der Waals surface area (Å²) in [6.07, 6.45) is 1.52. The summed E-state index contributed by atoms with van der Waals surface area (Å²) in [7, 11) is 0. The number of para-hydroxylation sites is 2. The Balaban J connectivity index is 1.94. The summed E-state index contributed by atoms with van der Waals surface area (Å²) >= 11 is 3.09. The summed E-state index contributed by atoms with van der Waals surface area (Å²) in [5.74, 6) is 0.331. The number of aromatic nitrogens is 2. The van der Waals surface area contributed by atoms with E-state index in [4.69, 9.17) is 4.74 Å². The fraction of sp³-hybridized carbons (Fsp3) is 0. The molecule has 0 aliphatic carbocycles. The number of benzene rings is 2. The highest BCUT2D eigenvalue weighted by molar-refractivity contribution is 9.10. The number of halogens is 2. The summed E-state index contributed by atoms with van der Waals surface area (Å²) in [6.45, 7) is 0. The molecule has 1 heterocycles. The van der Waals surface area contributed by atoms with Crippen LogP contribution < -0.4 is 4.74 Å². The third-order valence-corrected chi connectivity index (χ3v) is 3.18. The van der Waals surface area contributed by atoms with E-state index in [1.54, 1.807) is 12.1 Å². The molecule has 0 fully saturated rings. The Hall–Kier alpha value is -2.01. The van der Waals surface area contributed by atoms with Gasteiger partial charge in [0.25, 0.3) is 0 Å². The van der Waals surface area contributed by atoms with Gasteiger partial charge in [0.1, 0.15) is 11.6 Å². The van der Waals surface area contributed by atoms with Crippen molar-refractivity contribution in [3.05, 3.63) is 59.0 Å². The number of nitrogens with zero attached hydrogens (tertiary/aromatic N) is 2. The normalized spacial score (nSPS) is 10.6. The maximum Gasteiger partial charge on any atom is 0.238 e. The first-order chi connectivity index (χ1) is 9.22. The van der Waals surface area contributed by atoms with Gasteiger partial charge in [0.15, 0.2) is 0 Å². The summed E-state index contributed by atoms with van der Waals surface area (Å²) in [5.41, 5.74) is 1.52. The molecule has 0 radical (unpaired) electrons. The maximum atomic E-state index is 13.4. The standard InChI is InChI=1S/C14H8BrFN2O/c15-10-6-5-9(7-11(10)16)19-14-8-17-12-3-1-2-4-13(12)18-14/h1-8H. The molecule has 0 atom stereocenters. The molecule has 0 saturated carbocycles. The molecular weight excluding hydrogens is 311 g/mol. The monoisotopic (exact) mass is 318 g/mol. The first-order valence-electron chi connectivity index (χ1n) is 5.57. The van der Waals surface area contributed by atoms with Crippen LogP contribution in [0.25, 0.3) is 11.0 Å². The van der Waals surface area contributed by atoms with Gasteiger partial charge in [0.05, 0.1) is 21.7 Å². The third-order valence-electron chi connectivity index (χ3n) is 2.54. The van der Waals surface area contributed by atoms with E-state index < -0.39 is 0 Å². The molecule has 0 aliphatic rings. The first kappa shape index (κ1) is 12.0. The van der Waals surface area contributed by atoms with Crippen molar-refractivity contribution in [2.24, 2.45) is 0 Å². The van der Waals surface area contributed by atoms with Gasteiger partial charge >= 0.3 is 0 Å². The molecule has 0 unspecified atom stereocenters. The maximum absolute atomic E-state index is 13.4. The zero-order valence-electron chi connectivity index (χ0n) is 9.68. The Morgan fingerprint density at radius 2 is 1.84 bits per heavy atom. The first-order valence-corrected chi connectivity index (χ1v) is 6.36. The number of fused-ring (bicyclic) bond motifs is 1. The Kier molecular flexibility index (Phi) is 3.13. The fourth-order valence-corrected chi connectivity index (χ4v) is 1.90. The lowest BCUT2D eigenvalue weighted by Gasteiger charge is -2.05. The van der Waals surface area contributed by atoms with Gasteiger partial charge in [-0.1, -0.05) is 12.1 Å². The van der Waals surface area contributed by atoms with Crippen molar-refractivity contribution in [2.45, 2.75) is 0 Å². The Morgan fingerprint density at radius 3 is 2.63 bits per heavy atom. The van der Waals surface area contributed by atoms with E-state index >= 15 is 0 Å². The second kappa shape index (κ2) is 4.93. The molecule has 94 valence electrons. The van der Waals surface area contributed by atoms with E-state index in [1.165, 1.54) is 12.3 Å². The fourth-order valence-electron chi connectivity index (χ4n) is 1.65. The number of rotatable bonds is 2. The molecule has 0 N–H and O–H groups in total. The van der Waals surface area contributed by atoms with E-state index in [2.05, 4.69) is 25.9 Å². The lowest BCUT2D eigenvalue weighted by atomic mass is 10.3. The van der Waals surface area contributed by atoms with Gasteiger partial charge in [-0.25, -0.2) is 14.4 Å². The molecule has 0 aliphatic heterocycles. The third kappa shape index (κ3) is 2.56. The summed E-state index contributed by atoms with van der Waals surface area (Å²) in [4.78, 5) is 8.53. The van der Waals surface area contributed by atoms with Crippen LogP contribution in [-0.4, -0.2) is 9.97 Å². The molecule has 2 aromatic carbocycles. The molecule has 0 spiro atoms. The van der Waals surface area contributed by atoms with E-state index in [9.17, 15) is 4.39 Å². The van der Waals surface area contributed by atoms with Crippen molar-refractivity contribution in [2.75, 3.05) is 0 Å². The highest BCUT2D eigenvalue weighted by Gasteiger charge is 2.05. The molecule has 1 aromatic heterocycles. The highest BCUT2D eigenvalue weighted by atomic mass is 79.9. The molecule has 3 rings (SSSR count). The van der Waals surface area contributed by atoms with E-state index in [0.717, 1.165) is 11.0 Å². The molecule has 0 bridgehead atoms. The summed E-state index contributed by atoms with van der Waals surface area (Å²) in [5, 5.41) is 0. The van der Waals surface area contributed by atoms with Crippen LogP contribution in [0.3, 0.4) is 0 Å². The van der Waals surface area contributed by atoms with Crippen LogP contribution >= 0.6 is 15.9 Å². The molecule has 3 nitrogen and oxygen atoms in total. The van der Waals surface area contributed by atoms with Crippen LogP contribution in [0.2, 0.25) is 0 Å². The van der Waals surface area contributed by atoms with Gasteiger partial charge in [0, 0.05) is 6.07 Å². The molecular formula is C14H8BrFN2O. The molecule has 0 amide bonds. The lowest BCUT2D eigenvalue weighted by molar-refractivity contribution is 0.457. The lowest BCUT2D eigenvalue weighted by Crippen LogP contribution is -1.91. The second-order valence-electron chi connectivity index (χ2n) is 3.87. The number of ether oxygens (including phenoxy) is 1. The average Bonchev–Trinajstić information content (AvgIpc) is 2.43. The van der Waals surface area contributed by atoms with Gasteiger partial charge in [0.2, 0.25) is 5.88 Å². The molecule has 5 heteroatoms. The second-order valence-corrected chi connectivity index (χ2v) is 4.73. The zero-order valence-corrected chi connectivity index (χ0v) is 11.3. The van der Waals surface area contributed by atoms with Crippen molar-refractivity contribution in [3.8, 4) is 11.6 Å². The number of hydrogen-bond acceptors (Lipinski definition) is 3. The van der Waals surface area contributed by atoms with Crippen LogP contribution in [0.5, 0.6) is 11.6 Å². The minimum atomic E-state index is -0.383. The molecule has 19 heavy (non-hydrogen) atoms. The van der Waals surface area contributed by atoms with Crippen LogP contribution in [0, 0.1) is 5.82 Å². The van der Waals surface area contributed by atoms with Crippen LogP contribution in [0.15, 0.2) is 53.1 Å². The predicted molar refractivity (Wildman–Crippen MR) is 73.7 cm³/mol. The minimum Gasteiger partial charge on any atom is -0.437 e. The van der Waals surface area contributed by atoms with Gasteiger partial charge < -0.3 is 4.74 Å². The van der Waals surface area contributed by atoms with Crippen LogP contribution in [0.1, 0.15) is 0 Å². The van der Waals surface area contributed by atoms with Crippen molar-refractivity contribution >= 4 is 27.0 Å². The summed E-state index contributed by atoms with van der Waals surface area (Å²) in [6, 6.07) is 12.0. The SMILES string of the molecule is Fc1cc(Oc2cnc3ccccc3n2)ccc1Br. The average molecular weight is 319 g/mol. The molecule has 0 saturated heterocycles. The zero-order chi connectivity index (χ0) is 13.2. The highest BCUT2D eigenvalue weighted by Crippen LogP contribution is 2.25. The Morgan fingerprint density at radius 1 is 1.05 bits per heavy atom. The van der Waals surface area contributed by atoms with Gasteiger partial charge in [-0.3, -0.25) is 0 Å².